The summed E-state index contributed by atoms with van der Waals surface area (Å²) in [5, 5.41) is 15.9. The number of aliphatic hydroxyl groups excluding tert-OH is 1. The van der Waals surface area contributed by atoms with Crippen LogP contribution in [0.2, 0.25) is 29.6 Å². The van der Waals surface area contributed by atoms with Crippen LogP contribution in [0.15, 0.2) is 24.3 Å². The van der Waals surface area contributed by atoms with E-state index in [-0.39, 0.29) is 12.4 Å². The molecule has 0 aliphatic heterocycles. The van der Waals surface area contributed by atoms with E-state index in [1.165, 1.54) is 201 Å². The quantitative estimate of drug-likeness (QED) is 0.0321. The van der Waals surface area contributed by atoms with E-state index in [0.717, 1.165) is 64.5 Å². The average Bonchev–Trinajstić information content (AvgIpc) is 4.17. The first-order valence-electron chi connectivity index (χ1n) is 28.5. The second-order valence-corrected chi connectivity index (χ2v) is 57.9. The Bertz CT molecular complexity index is 2350. The van der Waals surface area contributed by atoms with Crippen LogP contribution in [0.3, 0.4) is 0 Å². The summed E-state index contributed by atoms with van der Waals surface area (Å²) in [4.78, 5) is 34.5. The summed E-state index contributed by atoms with van der Waals surface area (Å²) >= 11 is 2.11. The van der Waals surface area contributed by atoms with Gasteiger partial charge >= 0.3 is 377 Å². The van der Waals surface area contributed by atoms with Crippen molar-refractivity contribution in [3.05, 3.63) is 60.5 Å². The third-order valence-electron chi connectivity index (χ3n) is 14.9. The number of unbranched alkanes of at least 4 members (excludes halogenated alkanes) is 26. The number of Topliss-reactive ketones (excluding diaryl/α,β-unsaturated/α-hetero) is 1. The Morgan fingerprint density at radius 2 is 0.800 bits per heavy atom. The van der Waals surface area contributed by atoms with E-state index in [2.05, 4.69) is 67.8 Å². The molecule has 388 valence electrons. The zero-order valence-electron chi connectivity index (χ0n) is 45.6. The van der Waals surface area contributed by atoms with E-state index in [0.29, 0.717) is 0 Å². The standard InChI is InChI=1S/C55H76O3S4.6CH3.2Sn/c1-4-6-8-10-12-14-16-18-20-22-24-26-28-30-32-41-34-46(59-39-41)49-51-52(55-45(37-48(58-3)62-55)44-36-43(38-56)61-54(44)51)50(53(49)57)47-35-42(40-60-47)33-31-29-27-25-23-21-19-17-15-13-11-9-7-5-2;;;;;;;;/h34-37,56H,4-33,38H2,1-3H3;6*1H3;;. The van der Waals surface area contributed by atoms with E-state index in [9.17, 15) is 5.11 Å². The zero-order chi connectivity index (χ0) is 50.1. The van der Waals surface area contributed by atoms with Crippen LogP contribution in [0.5, 0.6) is 5.06 Å². The molecule has 1 N–H and O–H groups in total. The molecule has 1 aromatic carbocycles. The number of ether oxygens (including phenoxy) is 1. The molecule has 0 saturated heterocycles. The SMILES string of the molecule is CCCCCCCCCCCCCCCCc1cc(C2=c3c(c4sc(OC)cc4c4cc(CO)sc34)=C(c3cc(CCCCCCCCCCCCCCCC)[c]([Sn]([CH3])([CH3])[CH3])s3)C2=O)s[c]1[Sn]([CH3])([CH3])[CH3]. The van der Waals surface area contributed by atoms with Crippen molar-refractivity contribution in [1.82, 2.24) is 0 Å². The number of fused-ring (bicyclic) bond motifs is 6. The fourth-order valence-corrected chi connectivity index (χ4v) is 29.6. The van der Waals surface area contributed by atoms with Crippen molar-refractivity contribution in [2.45, 2.75) is 243 Å². The van der Waals surface area contributed by atoms with Crippen molar-refractivity contribution in [3.8, 4) is 5.06 Å². The number of ketones is 1. The van der Waals surface area contributed by atoms with Crippen LogP contribution in [0.25, 0.3) is 31.3 Å². The normalized spacial score (nSPS) is 13.3. The van der Waals surface area contributed by atoms with Gasteiger partial charge in [-0.25, -0.2) is 0 Å². The molecule has 0 bridgehead atoms. The topological polar surface area (TPSA) is 46.5 Å². The molecule has 0 radical (unpaired) electrons. The van der Waals surface area contributed by atoms with Crippen molar-refractivity contribution < 1.29 is 14.6 Å². The van der Waals surface area contributed by atoms with Crippen molar-refractivity contribution in [3.63, 3.8) is 0 Å². The van der Waals surface area contributed by atoms with Gasteiger partial charge in [0.1, 0.15) is 0 Å². The molecule has 1 aliphatic rings. The van der Waals surface area contributed by atoms with Crippen molar-refractivity contribution in [1.29, 1.82) is 0 Å². The Hall–Kier alpha value is -0.693. The molecular formula is C61H94O3S4Sn2. The third kappa shape index (κ3) is 16.2. The van der Waals surface area contributed by atoms with Crippen LogP contribution in [-0.4, -0.2) is 54.8 Å². The number of aryl methyl sites for hydroxylation is 2. The fraction of sp³-hybridized carbons (Fsp3) is 0.656. The van der Waals surface area contributed by atoms with E-state index >= 15 is 4.79 Å². The van der Waals surface area contributed by atoms with Crippen LogP contribution in [-0.2, 0) is 24.2 Å². The van der Waals surface area contributed by atoms with Gasteiger partial charge in [-0.05, 0) is 0 Å². The second-order valence-electron chi connectivity index (χ2n) is 23.1. The van der Waals surface area contributed by atoms with Gasteiger partial charge < -0.3 is 0 Å². The van der Waals surface area contributed by atoms with Crippen LogP contribution >= 0.6 is 45.3 Å². The van der Waals surface area contributed by atoms with E-state index in [1.54, 1.807) is 35.6 Å². The van der Waals surface area contributed by atoms with E-state index < -0.39 is 36.8 Å². The molecule has 0 amide bonds. The number of rotatable bonds is 36. The number of carbonyl (C=O) groups is 1. The number of methoxy groups -OCH3 is 1. The first-order chi connectivity index (χ1) is 33.8. The molecule has 1 aliphatic carbocycles. The monoisotopic (exact) mass is 1240 g/mol. The number of benzene rings is 1. The van der Waals surface area contributed by atoms with E-state index in [1.807, 2.05) is 22.7 Å². The van der Waals surface area contributed by atoms with Crippen molar-refractivity contribution in [2.24, 2.45) is 0 Å². The van der Waals surface area contributed by atoms with E-state index in [4.69, 9.17) is 4.74 Å². The van der Waals surface area contributed by atoms with Gasteiger partial charge in [-0.1, -0.05) is 78.1 Å². The molecule has 0 spiro atoms. The maximum absolute atomic E-state index is 15.8. The molecular weight excluding hydrogens is 1150 g/mol. The molecule has 4 aromatic heterocycles. The minimum atomic E-state index is -2.59. The Morgan fingerprint density at radius 3 is 1.14 bits per heavy atom. The molecule has 3 nitrogen and oxygen atoms in total. The van der Waals surface area contributed by atoms with Crippen LogP contribution in [0.1, 0.15) is 219 Å². The van der Waals surface area contributed by atoms with Crippen LogP contribution in [0, 0.1) is 0 Å². The van der Waals surface area contributed by atoms with Gasteiger partial charge in [-0.3, -0.25) is 0 Å². The number of carbonyl (C=O) groups excluding carboxylic acids is 1. The maximum atomic E-state index is 15.8. The average molecular weight is 1240 g/mol. The summed E-state index contributed by atoms with van der Waals surface area (Å²) in [7, 11) is 1.76. The molecule has 4 heterocycles. The summed E-state index contributed by atoms with van der Waals surface area (Å²) in [6.07, 6.45) is 40.7. The first kappa shape index (κ1) is 58.6. The number of hydrogen-bond donors (Lipinski definition) is 1. The van der Waals surface area contributed by atoms with Crippen molar-refractivity contribution >= 4 is 125 Å². The Labute approximate surface area is 450 Å². The van der Waals surface area contributed by atoms with Crippen LogP contribution in [0.4, 0.5) is 0 Å². The summed E-state index contributed by atoms with van der Waals surface area (Å²) < 4.78 is 11.5. The zero-order valence-corrected chi connectivity index (χ0v) is 54.6. The van der Waals surface area contributed by atoms with Gasteiger partial charge in [-0.2, -0.15) is 0 Å². The molecule has 9 heteroatoms. The van der Waals surface area contributed by atoms with Gasteiger partial charge in [0.15, 0.2) is 0 Å². The van der Waals surface area contributed by atoms with Gasteiger partial charge in [0.05, 0.1) is 0 Å². The second kappa shape index (κ2) is 29.6. The van der Waals surface area contributed by atoms with Gasteiger partial charge in [0.2, 0.25) is 0 Å². The van der Waals surface area contributed by atoms with Crippen molar-refractivity contribution in [2.75, 3.05) is 7.11 Å². The van der Waals surface area contributed by atoms with Crippen LogP contribution < -0.4 is 21.0 Å². The molecule has 5 aromatic rings. The summed E-state index contributed by atoms with van der Waals surface area (Å²) in [5.74, 6) is 0.204. The first-order valence-corrected chi connectivity index (χ1v) is 51.8. The predicted molar refractivity (Wildman–Crippen MR) is 322 cm³/mol. The fourth-order valence-electron chi connectivity index (χ4n) is 11.1. The number of aliphatic hydroxyl groups is 1. The summed E-state index contributed by atoms with van der Waals surface area (Å²) in [5.41, 5.74) is 4.86. The molecule has 0 saturated carbocycles. The molecule has 0 atom stereocenters. The summed E-state index contributed by atoms with van der Waals surface area (Å²) in [6, 6.07) is 9.30. The Morgan fingerprint density at radius 1 is 0.457 bits per heavy atom. The summed E-state index contributed by atoms with van der Waals surface area (Å²) in [6.45, 7) is 4.60. The Balaban J connectivity index is 1.24. The van der Waals surface area contributed by atoms with Gasteiger partial charge in [0, 0.05) is 0 Å². The third-order valence-corrected chi connectivity index (χ3v) is 38.7. The predicted octanol–water partition coefficient (Wildman–Crippen LogP) is 17.9. The number of hydrogen-bond acceptors (Lipinski definition) is 7. The van der Waals surface area contributed by atoms with Gasteiger partial charge in [0.25, 0.3) is 0 Å². The van der Waals surface area contributed by atoms with Gasteiger partial charge in [-0.15, -0.1) is 0 Å². The molecule has 0 fully saturated rings. The Kier molecular flexibility index (Phi) is 24.7. The molecule has 0 unspecified atom stereocenters. The molecule has 6 rings (SSSR count). The minimum absolute atomic E-state index is 0.00278. The number of thiophene rings is 4. The molecule has 70 heavy (non-hydrogen) atoms.